The average Bonchev–Trinajstić information content (AvgIpc) is 3.33. The molecule has 0 saturated carbocycles. The van der Waals surface area contributed by atoms with Crippen LogP contribution in [0.3, 0.4) is 0 Å². The van der Waals surface area contributed by atoms with Crippen molar-refractivity contribution < 1.29 is 14.3 Å². The van der Waals surface area contributed by atoms with Crippen LogP contribution in [0.2, 0.25) is 0 Å². The van der Waals surface area contributed by atoms with Gasteiger partial charge in [0, 0.05) is 23.8 Å². The number of rotatable bonds is 2. The number of carbonyl (C=O) groups excluding carboxylic acids is 1. The number of carbonyl (C=O) groups is 1. The van der Waals surface area contributed by atoms with Crippen LogP contribution >= 0.6 is 0 Å². The van der Waals surface area contributed by atoms with Gasteiger partial charge in [-0.1, -0.05) is 5.21 Å². The summed E-state index contributed by atoms with van der Waals surface area (Å²) in [5, 5.41) is 8.05. The third-order valence-electron chi connectivity index (χ3n) is 5.38. The number of ether oxygens (including phenoxy) is 2. The van der Waals surface area contributed by atoms with E-state index in [9.17, 15) is 4.79 Å². The zero-order valence-electron chi connectivity index (χ0n) is 13.2. The number of amides is 1. The smallest absolute Gasteiger partial charge is 0.254 e. The summed E-state index contributed by atoms with van der Waals surface area (Å²) in [6.07, 6.45) is 7.64. The Morgan fingerprint density at radius 3 is 2.62 bits per heavy atom. The second-order valence-corrected chi connectivity index (χ2v) is 6.67. The van der Waals surface area contributed by atoms with Crippen LogP contribution in [0.1, 0.15) is 42.1 Å². The minimum Gasteiger partial charge on any atom is -0.454 e. The Morgan fingerprint density at radius 1 is 1.08 bits per heavy atom. The van der Waals surface area contributed by atoms with Gasteiger partial charge in [0.15, 0.2) is 11.5 Å². The molecule has 3 aliphatic rings. The van der Waals surface area contributed by atoms with Crippen LogP contribution in [-0.4, -0.2) is 44.7 Å². The number of aromatic nitrogens is 3. The van der Waals surface area contributed by atoms with E-state index in [0.717, 1.165) is 25.7 Å². The van der Waals surface area contributed by atoms with Gasteiger partial charge in [-0.25, -0.2) is 4.68 Å². The maximum Gasteiger partial charge on any atom is 0.254 e. The summed E-state index contributed by atoms with van der Waals surface area (Å²) in [6.45, 7) is 0.224. The van der Waals surface area contributed by atoms with Crippen LogP contribution in [-0.2, 0) is 0 Å². The number of hydrogen-bond donors (Lipinski definition) is 0. The standard InChI is InChI=1S/C17H18N4O3/c22-17(11-1-4-15-16(7-11)24-10-23-15)21-12-2-3-13(21)9-14(8-12)20-6-5-18-19-20/h1,4-7,12-14H,2-3,8-10H2. The van der Waals surface area contributed by atoms with Crippen molar-refractivity contribution in [3.05, 3.63) is 36.2 Å². The van der Waals surface area contributed by atoms with E-state index in [1.54, 1.807) is 12.3 Å². The lowest BCUT2D eigenvalue weighted by molar-refractivity contribution is 0.0522. The van der Waals surface area contributed by atoms with Gasteiger partial charge in [0.1, 0.15) is 0 Å². The van der Waals surface area contributed by atoms with Gasteiger partial charge in [-0.05, 0) is 43.9 Å². The van der Waals surface area contributed by atoms with Crippen molar-refractivity contribution >= 4 is 5.91 Å². The highest BCUT2D eigenvalue weighted by atomic mass is 16.7. The Hall–Kier alpha value is -2.57. The van der Waals surface area contributed by atoms with Crippen LogP contribution in [0.25, 0.3) is 0 Å². The molecule has 2 fully saturated rings. The van der Waals surface area contributed by atoms with E-state index in [1.165, 1.54) is 0 Å². The predicted octanol–water partition coefficient (Wildman–Crippen LogP) is 2.02. The number of hydrogen-bond acceptors (Lipinski definition) is 5. The summed E-state index contributed by atoms with van der Waals surface area (Å²) in [5.41, 5.74) is 0.676. The number of fused-ring (bicyclic) bond motifs is 3. The lowest BCUT2D eigenvalue weighted by Crippen LogP contribution is -2.47. The topological polar surface area (TPSA) is 69.5 Å². The molecule has 3 aliphatic heterocycles. The molecule has 2 unspecified atom stereocenters. The monoisotopic (exact) mass is 326 g/mol. The number of nitrogens with zero attached hydrogens (tertiary/aromatic N) is 4. The summed E-state index contributed by atoms with van der Waals surface area (Å²) in [5.74, 6) is 1.46. The fourth-order valence-electron chi connectivity index (χ4n) is 4.29. The summed E-state index contributed by atoms with van der Waals surface area (Å²) in [4.78, 5) is 15.1. The van der Waals surface area contributed by atoms with Gasteiger partial charge in [-0.15, -0.1) is 5.10 Å². The minimum absolute atomic E-state index is 0.0952. The van der Waals surface area contributed by atoms with Gasteiger partial charge < -0.3 is 14.4 Å². The molecule has 7 nitrogen and oxygen atoms in total. The third kappa shape index (κ3) is 2.07. The van der Waals surface area contributed by atoms with E-state index in [0.29, 0.717) is 23.1 Å². The molecule has 0 radical (unpaired) electrons. The Kier molecular flexibility index (Phi) is 3.01. The first-order valence-electron chi connectivity index (χ1n) is 8.38. The fourth-order valence-corrected chi connectivity index (χ4v) is 4.29. The van der Waals surface area contributed by atoms with Gasteiger partial charge in [-0.3, -0.25) is 4.79 Å². The summed E-state index contributed by atoms with van der Waals surface area (Å²) < 4.78 is 12.7. The van der Waals surface area contributed by atoms with E-state index < -0.39 is 0 Å². The quantitative estimate of drug-likeness (QED) is 0.844. The maximum atomic E-state index is 13.0. The highest BCUT2D eigenvalue weighted by Gasteiger charge is 2.44. The molecule has 7 heteroatoms. The first kappa shape index (κ1) is 13.8. The van der Waals surface area contributed by atoms with Crippen molar-refractivity contribution in [1.29, 1.82) is 0 Å². The molecule has 2 bridgehead atoms. The van der Waals surface area contributed by atoms with Gasteiger partial charge in [0.2, 0.25) is 6.79 Å². The molecule has 4 heterocycles. The maximum absolute atomic E-state index is 13.0. The summed E-state index contributed by atoms with van der Waals surface area (Å²) in [7, 11) is 0. The van der Waals surface area contributed by atoms with E-state index in [-0.39, 0.29) is 24.8 Å². The van der Waals surface area contributed by atoms with E-state index in [1.807, 2.05) is 23.0 Å². The molecule has 24 heavy (non-hydrogen) atoms. The van der Waals surface area contributed by atoms with Gasteiger partial charge in [0.05, 0.1) is 12.2 Å². The molecule has 1 aromatic carbocycles. The molecular formula is C17H18N4O3. The van der Waals surface area contributed by atoms with Crippen molar-refractivity contribution in [2.45, 2.75) is 43.8 Å². The van der Waals surface area contributed by atoms with Crippen molar-refractivity contribution in [3.8, 4) is 11.5 Å². The largest absolute Gasteiger partial charge is 0.454 e. The summed E-state index contributed by atoms with van der Waals surface area (Å²) >= 11 is 0. The van der Waals surface area contributed by atoms with E-state index in [4.69, 9.17) is 9.47 Å². The average molecular weight is 326 g/mol. The van der Waals surface area contributed by atoms with Crippen LogP contribution in [0.15, 0.2) is 30.6 Å². The second kappa shape index (κ2) is 5.22. The zero-order chi connectivity index (χ0) is 16.1. The Labute approximate surface area is 139 Å². The molecule has 5 rings (SSSR count). The van der Waals surface area contributed by atoms with Gasteiger partial charge in [0.25, 0.3) is 5.91 Å². The first-order valence-corrected chi connectivity index (χ1v) is 8.38. The molecule has 2 saturated heterocycles. The molecule has 2 atom stereocenters. The Balaban J connectivity index is 1.39. The van der Waals surface area contributed by atoms with Crippen molar-refractivity contribution in [1.82, 2.24) is 19.9 Å². The van der Waals surface area contributed by atoms with Crippen molar-refractivity contribution in [2.75, 3.05) is 6.79 Å². The number of benzene rings is 1. The normalized spacial score (nSPS) is 27.5. The number of piperidine rings is 1. The SMILES string of the molecule is O=C(c1ccc2c(c1)OCO2)N1C2CCC1CC(n1ccnn1)C2. The zero-order valence-corrected chi connectivity index (χ0v) is 13.2. The first-order chi connectivity index (χ1) is 11.8. The van der Waals surface area contributed by atoms with Crippen molar-refractivity contribution in [2.24, 2.45) is 0 Å². The molecule has 0 N–H and O–H groups in total. The molecule has 2 aromatic rings. The second-order valence-electron chi connectivity index (χ2n) is 6.67. The fraction of sp³-hybridized carbons (Fsp3) is 0.471. The predicted molar refractivity (Wildman–Crippen MR) is 83.8 cm³/mol. The summed E-state index contributed by atoms with van der Waals surface area (Å²) in [6, 6.07) is 6.34. The van der Waals surface area contributed by atoms with Crippen LogP contribution in [0.4, 0.5) is 0 Å². The minimum atomic E-state index is 0.0952. The van der Waals surface area contributed by atoms with Crippen LogP contribution in [0, 0.1) is 0 Å². The lowest BCUT2D eigenvalue weighted by Gasteiger charge is -2.38. The highest BCUT2D eigenvalue weighted by molar-refractivity contribution is 5.95. The molecule has 0 aliphatic carbocycles. The van der Waals surface area contributed by atoms with Crippen LogP contribution < -0.4 is 9.47 Å². The molecule has 0 spiro atoms. The Morgan fingerprint density at radius 2 is 1.88 bits per heavy atom. The van der Waals surface area contributed by atoms with E-state index in [2.05, 4.69) is 15.2 Å². The van der Waals surface area contributed by atoms with Gasteiger partial charge in [-0.2, -0.15) is 0 Å². The molecular weight excluding hydrogens is 308 g/mol. The van der Waals surface area contributed by atoms with Crippen molar-refractivity contribution in [3.63, 3.8) is 0 Å². The van der Waals surface area contributed by atoms with E-state index >= 15 is 0 Å². The highest BCUT2D eigenvalue weighted by Crippen LogP contribution is 2.42. The third-order valence-corrected chi connectivity index (χ3v) is 5.38. The van der Waals surface area contributed by atoms with Crippen LogP contribution in [0.5, 0.6) is 11.5 Å². The lowest BCUT2D eigenvalue weighted by atomic mass is 9.96. The molecule has 124 valence electrons. The Bertz CT molecular complexity index is 762. The molecule has 1 amide bonds. The van der Waals surface area contributed by atoms with Gasteiger partial charge >= 0.3 is 0 Å². The molecule has 1 aromatic heterocycles.